The SMILES string of the molecule is O=C(O)C(C(=O)O)C12CC3CC(CC(C3)C1)C2.O=C(O)CC(=O)OC12CC3CC(CC(C3)C1)C2. The van der Waals surface area contributed by atoms with Crippen molar-refractivity contribution in [2.75, 3.05) is 0 Å². The number of carbonyl (C=O) groups is 4. The van der Waals surface area contributed by atoms with Crippen LogP contribution in [0.15, 0.2) is 0 Å². The van der Waals surface area contributed by atoms with E-state index < -0.39 is 41.6 Å². The van der Waals surface area contributed by atoms with E-state index in [1.54, 1.807) is 0 Å². The zero-order valence-electron chi connectivity index (χ0n) is 19.6. The van der Waals surface area contributed by atoms with Crippen molar-refractivity contribution in [2.24, 2.45) is 46.8 Å². The van der Waals surface area contributed by atoms with Gasteiger partial charge in [0, 0.05) is 0 Å². The predicted octanol–water partition coefficient (Wildman–Crippen LogP) is 3.96. The summed E-state index contributed by atoms with van der Waals surface area (Å²) in [5.74, 6) is -1.24. The number of hydrogen-bond donors (Lipinski definition) is 3. The first-order valence-corrected chi connectivity index (χ1v) is 12.9. The maximum Gasteiger partial charge on any atom is 0.318 e. The molecule has 0 radical (unpaired) electrons. The summed E-state index contributed by atoms with van der Waals surface area (Å²) in [7, 11) is 0. The first-order valence-electron chi connectivity index (χ1n) is 12.9. The molecule has 3 N–H and O–H groups in total. The van der Waals surface area contributed by atoms with E-state index >= 15 is 0 Å². The normalized spacial score (nSPS) is 42.7. The quantitative estimate of drug-likeness (QED) is 0.387. The third-order valence-electron chi connectivity index (χ3n) is 9.80. The minimum atomic E-state index is -1.18. The molecule has 34 heavy (non-hydrogen) atoms. The van der Waals surface area contributed by atoms with E-state index in [1.807, 2.05) is 0 Å². The number of ether oxygens (including phenoxy) is 1. The van der Waals surface area contributed by atoms with Crippen molar-refractivity contribution in [3.63, 3.8) is 0 Å². The van der Waals surface area contributed by atoms with Gasteiger partial charge in [-0.15, -0.1) is 0 Å². The van der Waals surface area contributed by atoms with Crippen molar-refractivity contribution in [2.45, 2.75) is 89.1 Å². The Kier molecular flexibility index (Phi) is 5.92. The second-order valence-corrected chi connectivity index (χ2v) is 12.5. The molecule has 8 nitrogen and oxygen atoms in total. The Morgan fingerprint density at radius 3 is 1.32 bits per heavy atom. The number of rotatable bonds is 6. The second kappa shape index (κ2) is 8.52. The molecule has 8 rings (SSSR count). The smallest absolute Gasteiger partial charge is 0.318 e. The number of aliphatic carboxylic acids is 3. The molecule has 8 fully saturated rings. The van der Waals surface area contributed by atoms with Crippen LogP contribution in [0.4, 0.5) is 0 Å². The highest BCUT2D eigenvalue weighted by molar-refractivity contribution is 5.94. The van der Waals surface area contributed by atoms with Crippen LogP contribution < -0.4 is 0 Å². The molecule has 0 aromatic heterocycles. The summed E-state index contributed by atoms with van der Waals surface area (Å²) >= 11 is 0. The van der Waals surface area contributed by atoms with E-state index in [2.05, 4.69) is 0 Å². The summed E-state index contributed by atoms with van der Waals surface area (Å²) < 4.78 is 5.54. The molecule has 8 saturated carbocycles. The largest absolute Gasteiger partial charge is 0.481 e. The molecule has 0 aromatic carbocycles. The van der Waals surface area contributed by atoms with Gasteiger partial charge in [-0.3, -0.25) is 19.2 Å². The third-order valence-corrected chi connectivity index (χ3v) is 9.80. The van der Waals surface area contributed by atoms with Crippen LogP contribution in [0.2, 0.25) is 0 Å². The fraction of sp³-hybridized carbons (Fsp3) is 0.846. The summed E-state index contributed by atoms with van der Waals surface area (Å²) in [6.45, 7) is 0. The van der Waals surface area contributed by atoms with Crippen LogP contribution >= 0.6 is 0 Å². The molecular weight excluding hydrogens is 440 g/mol. The van der Waals surface area contributed by atoms with Crippen LogP contribution in [-0.4, -0.2) is 44.8 Å². The second-order valence-electron chi connectivity index (χ2n) is 12.5. The molecule has 0 atom stereocenters. The fourth-order valence-corrected chi connectivity index (χ4v) is 9.72. The molecule has 0 heterocycles. The summed E-state index contributed by atoms with van der Waals surface area (Å²) in [5.41, 5.74) is -0.742. The maximum atomic E-state index is 11.5. The predicted molar refractivity (Wildman–Crippen MR) is 119 cm³/mol. The van der Waals surface area contributed by atoms with Gasteiger partial charge in [-0.1, -0.05) is 0 Å². The lowest BCUT2D eigenvalue weighted by atomic mass is 9.46. The molecule has 0 saturated heterocycles. The molecule has 0 amide bonds. The molecule has 8 bridgehead atoms. The minimum Gasteiger partial charge on any atom is -0.481 e. The maximum absolute atomic E-state index is 11.5. The average Bonchev–Trinajstić information content (AvgIpc) is 2.63. The van der Waals surface area contributed by atoms with Crippen LogP contribution in [0, 0.1) is 46.8 Å². The van der Waals surface area contributed by atoms with Gasteiger partial charge in [0.25, 0.3) is 0 Å². The van der Waals surface area contributed by atoms with Crippen molar-refractivity contribution < 1.29 is 39.2 Å². The molecular formula is C26H36O8. The topological polar surface area (TPSA) is 138 Å². The van der Waals surface area contributed by atoms with Gasteiger partial charge in [0.2, 0.25) is 0 Å². The summed E-state index contributed by atoms with van der Waals surface area (Å²) in [6.07, 6.45) is 12.3. The Labute approximate surface area is 199 Å². The van der Waals surface area contributed by atoms with Gasteiger partial charge in [-0.2, -0.15) is 0 Å². The highest BCUT2D eigenvalue weighted by atomic mass is 16.6. The molecule has 8 aliphatic carbocycles. The Hall–Kier alpha value is -2.12. The molecule has 0 aliphatic heterocycles. The van der Waals surface area contributed by atoms with Crippen molar-refractivity contribution in [3.05, 3.63) is 0 Å². The van der Waals surface area contributed by atoms with Crippen molar-refractivity contribution in [1.82, 2.24) is 0 Å². The highest BCUT2D eigenvalue weighted by Gasteiger charge is 2.58. The van der Waals surface area contributed by atoms with E-state index in [9.17, 15) is 29.4 Å². The van der Waals surface area contributed by atoms with Gasteiger partial charge in [0.15, 0.2) is 5.92 Å². The number of carbonyl (C=O) groups excluding carboxylic acids is 1. The van der Waals surface area contributed by atoms with E-state index in [1.165, 1.54) is 38.5 Å². The van der Waals surface area contributed by atoms with E-state index in [0.717, 1.165) is 38.5 Å². The van der Waals surface area contributed by atoms with Crippen LogP contribution in [0.3, 0.4) is 0 Å². The molecule has 0 unspecified atom stereocenters. The Balaban J connectivity index is 0.000000142. The van der Waals surface area contributed by atoms with E-state index in [-0.39, 0.29) is 5.60 Å². The van der Waals surface area contributed by atoms with Crippen LogP contribution in [-0.2, 0) is 23.9 Å². The van der Waals surface area contributed by atoms with Gasteiger partial charge >= 0.3 is 23.9 Å². The molecule has 8 heteroatoms. The van der Waals surface area contributed by atoms with Crippen molar-refractivity contribution in [3.8, 4) is 0 Å². The summed E-state index contributed by atoms with van der Waals surface area (Å²) in [6, 6.07) is 0. The van der Waals surface area contributed by atoms with Gasteiger partial charge in [-0.25, -0.2) is 0 Å². The lowest BCUT2D eigenvalue weighted by Crippen LogP contribution is -2.53. The van der Waals surface area contributed by atoms with Crippen LogP contribution in [0.25, 0.3) is 0 Å². The van der Waals surface area contributed by atoms with Gasteiger partial charge in [0.1, 0.15) is 12.0 Å². The monoisotopic (exact) mass is 476 g/mol. The molecule has 188 valence electrons. The number of carboxylic acid groups (broad SMARTS) is 3. The van der Waals surface area contributed by atoms with Crippen molar-refractivity contribution >= 4 is 23.9 Å². The Morgan fingerprint density at radius 2 is 1.00 bits per heavy atom. The van der Waals surface area contributed by atoms with E-state index in [4.69, 9.17) is 9.84 Å². The Morgan fingerprint density at radius 1 is 0.647 bits per heavy atom. The standard InChI is InChI=1S/2C13H18O4/c14-11(15)4-12(16)17-13-5-8-1-9(6-13)3-10(2-8)7-13;14-11(15)10(12(16)17)13-4-7-1-8(5-13)3-9(2-7)6-13/h8-10H,1-7H2,(H,14,15);7-10H,1-6H2,(H,14,15)(H,16,17). The first kappa shape index (κ1) is 23.6. The van der Waals surface area contributed by atoms with Gasteiger partial charge in [0.05, 0.1) is 0 Å². The fourth-order valence-electron chi connectivity index (χ4n) is 9.72. The molecule has 0 aromatic rings. The average molecular weight is 477 g/mol. The zero-order valence-corrected chi connectivity index (χ0v) is 19.6. The lowest BCUT2D eigenvalue weighted by Gasteiger charge is -2.57. The summed E-state index contributed by atoms with van der Waals surface area (Å²) in [5, 5.41) is 27.0. The number of carboxylic acids is 3. The molecule has 0 spiro atoms. The van der Waals surface area contributed by atoms with Gasteiger partial charge in [-0.05, 0) is 118 Å². The lowest BCUT2D eigenvalue weighted by molar-refractivity contribution is -0.188. The number of esters is 1. The van der Waals surface area contributed by atoms with Crippen LogP contribution in [0.5, 0.6) is 0 Å². The number of hydrogen-bond acceptors (Lipinski definition) is 5. The first-order chi connectivity index (χ1) is 16.0. The van der Waals surface area contributed by atoms with Gasteiger partial charge < -0.3 is 20.1 Å². The van der Waals surface area contributed by atoms with E-state index in [0.29, 0.717) is 35.5 Å². The third kappa shape index (κ3) is 4.44. The minimum absolute atomic E-state index is 0.304. The van der Waals surface area contributed by atoms with Crippen LogP contribution in [0.1, 0.15) is 83.5 Å². The zero-order chi connectivity index (χ0) is 24.3. The van der Waals surface area contributed by atoms with Crippen molar-refractivity contribution in [1.29, 1.82) is 0 Å². The summed E-state index contributed by atoms with van der Waals surface area (Å²) in [4.78, 5) is 44.6. The highest BCUT2D eigenvalue weighted by Crippen LogP contribution is 2.63. The Bertz CT molecular complexity index is 789. The molecule has 8 aliphatic rings.